The van der Waals surface area contributed by atoms with E-state index in [0.29, 0.717) is 11.4 Å². The van der Waals surface area contributed by atoms with Gasteiger partial charge < -0.3 is 10.1 Å². The van der Waals surface area contributed by atoms with E-state index in [1.165, 1.54) is 36.0 Å². The van der Waals surface area contributed by atoms with E-state index in [1.807, 2.05) is 17.5 Å². The van der Waals surface area contributed by atoms with E-state index in [-0.39, 0.29) is 11.7 Å². The van der Waals surface area contributed by atoms with E-state index in [2.05, 4.69) is 10.1 Å². The van der Waals surface area contributed by atoms with Crippen LogP contribution in [0.3, 0.4) is 0 Å². The van der Waals surface area contributed by atoms with E-state index in [0.717, 1.165) is 4.21 Å². The van der Waals surface area contributed by atoms with Crippen LogP contribution in [0, 0.1) is 0 Å². The lowest BCUT2D eigenvalue weighted by Crippen LogP contribution is -2.13. The molecule has 0 radical (unpaired) electrons. The van der Waals surface area contributed by atoms with Gasteiger partial charge >= 0.3 is 6.61 Å². The number of carbonyl (C=O) groups excluding carboxylic acids is 1. The lowest BCUT2D eigenvalue weighted by Gasteiger charge is -2.07. The molecule has 0 aliphatic carbocycles. The minimum atomic E-state index is -2.85. The number of thiophene rings is 1. The Morgan fingerprint density at radius 1 is 1.30 bits per heavy atom. The van der Waals surface area contributed by atoms with Gasteiger partial charge in [0.05, 0.1) is 9.96 Å². The third kappa shape index (κ3) is 4.82. The zero-order valence-electron chi connectivity index (χ0n) is 10.2. The standard InChI is InChI=1S/C13H11F2NO2S2/c14-13(15)18-10-5-3-9(4-6-10)16-11(17)8-20-12-2-1-7-19-12/h1-7,13H,8H2,(H,16,17). The van der Waals surface area contributed by atoms with Gasteiger partial charge in [0.15, 0.2) is 0 Å². The molecule has 0 saturated carbocycles. The smallest absolute Gasteiger partial charge is 0.387 e. The van der Waals surface area contributed by atoms with Crippen molar-refractivity contribution in [3.8, 4) is 5.75 Å². The van der Waals surface area contributed by atoms with Crippen molar-refractivity contribution >= 4 is 34.7 Å². The molecule has 0 fully saturated rings. The second kappa shape index (κ2) is 7.25. The Bertz CT molecular complexity index is 544. The molecule has 2 rings (SSSR count). The van der Waals surface area contributed by atoms with Crippen molar-refractivity contribution in [3.05, 3.63) is 41.8 Å². The summed E-state index contributed by atoms with van der Waals surface area (Å²) in [4.78, 5) is 11.7. The van der Waals surface area contributed by atoms with Crippen LogP contribution in [0.15, 0.2) is 46.0 Å². The van der Waals surface area contributed by atoms with Crippen molar-refractivity contribution in [1.29, 1.82) is 0 Å². The van der Waals surface area contributed by atoms with Gasteiger partial charge in [-0.2, -0.15) is 8.78 Å². The van der Waals surface area contributed by atoms with Crippen molar-refractivity contribution in [2.24, 2.45) is 0 Å². The minimum absolute atomic E-state index is 0.0611. The molecule has 0 unspecified atom stereocenters. The highest BCUT2D eigenvalue weighted by molar-refractivity contribution is 8.01. The van der Waals surface area contributed by atoms with Gasteiger partial charge in [0.25, 0.3) is 0 Å². The van der Waals surface area contributed by atoms with E-state index in [1.54, 1.807) is 11.3 Å². The Morgan fingerprint density at radius 3 is 2.65 bits per heavy atom. The summed E-state index contributed by atoms with van der Waals surface area (Å²) in [5.74, 6) is 0.215. The lowest BCUT2D eigenvalue weighted by molar-refractivity contribution is -0.113. The molecule has 0 saturated heterocycles. The first-order valence-corrected chi connectivity index (χ1v) is 7.51. The molecule has 1 amide bonds. The summed E-state index contributed by atoms with van der Waals surface area (Å²) in [5, 5.41) is 4.63. The van der Waals surface area contributed by atoms with Gasteiger partial charge in [0, 0.05) is 5.69 Å². The van der Waals surface area contributed by atoms with Crippen LogP contribution in [-0.4, -0.2) is 18.3 Å². The van der Waals surface area contributed by atoms with E-state index < -0.39 is 6.61 Å². The van der Waals surface area contributed by atoms with Crippen molar-refractivity contribution in [2.75, 3.05) is 11.1 Å². The van der Waals surface area contributed by atoms with Gasteiger partial charge in [-0.05, 0) is 35.7 Å². The summed E-state index contributed by atoms with van der Waals surface area (Å²) < 4.78 is 29.2. The number of hydrogen-bond acceptors (Lipinski definition) is 4. The summed E-state index contributed by atoms with van der Waals surface area (Å²) in [6, 6.07) is 9.67. The number of ether oxygens (including phenoxy) is 1. The predicted molar refractivity (Wildman–Crippen MR) is 76.7 cm³/mol. The average Bonchev–Trinajstić information content (AvgIpc) is 2.91. The van der Waals surface area contributed by atoms with Crippen LogP contribution in [0.5, 0.6) is 5.75 Å². The molecule has 1 aromatic heterocycles. The van der Waals surface area contributed by atoms with Crippen LogP contribution in [0.1, 0.15) is 0 Å². The molecule has 7 heteroatoms. The minimum Gasteiger partial charge on any atom is -0.435 e. The van der Waals surface area contributed by atoms with Crippen molar-refractivity contribution in [1.82, 2.24) is 0 Å². The van der Waals surface area contributed by atoms with E-state index in [4.69, 9.17) is 0 Å². The third-order valence-electron chi connectivity index (χ3n) is 2.20. The van der Waals surface area contributed by atoms with Gasteiger partial charge in [-0.15, -0.1) is 23.1 Å². The van der Waals surface area contributed by atoms with Gasteiger partial charge in [0.2, 0.25) is 5.91 Å². The van der Waals surface area contributed by atoms with Crippen molar-refractivity contribution < 1.29 is 18.3 Å². The van der Waals surface area contributed by atoms with Crippen LogP contribution in [0.25, 0.3) is 0 Å². The topological polar surface area (TPSA) is 38.3 Å². The van der Waals surface area contributed by atoms with Crippen LogP contribution in [0.2, 0.25) is 0 Å². The molecule has 106 valence electrons. The number of halogens is 2. The zero-order chi connectivity index (χ0) is 14.4. The Kier molecular flexibility index (Phi) is 5.37. The highest BCUT2D eigenvalue weighted by atomic mass is 32.2. The van der Waals surface area contributed by atoms with E-state index >= 15 is 0 Å². The highest BCUT2D eigenvalue weighted by Crippen LogP contribution is 2.23. The maximum absolute atomic E-state index is 12.0. The normalized spacial score (nSPS) is 10.6. The number of benzene rings is 1. The molecule has 0 atom stereocenters. The summed E-state index contributed by atoms with van der Waals surface area (Å²) >= 11 is 3.02. The molecule has 2 aromatic rings. The molecule has 1 heterocycles. The average molecular weight is 315 g/mol. The zero-order valence-corrected chi connectivity index (χ0v) is 11.8. The van der Waals surface area contributed by atoms with E-state index in [9.17, 15) is 13.6 Å². The Labute approximate surface area is 123 Å². The molecule has 20 heavy (non-hydrogen) atoms. The number of amides is 1. The van der Waals surface area contributed by atoms with Crippen LogP contribution >= 0.6 is 23.1 Å². The monoisotopic (exact) mass is 315 g/mol. The van der Waals surface area contributed by atoms with Gasteiger partial charge in [-0.1, -0.05) is 6.07 Å². The maximum atomic E-state index is 12.0. The second-order valence-corrected chi connectivity index (χ2v) is 5.90. The molecule has 0 aliphatic heterocycles. The number of anilines is 1. The quantitative estimate of drug-likeness (QED) is 0.816. The van der Waals surface area contributed by atoms with Gasteiger partial charge in [-0.3, -0.25) is 4.79 Å². The van der Waals surface area contributed by atoms with Crippen LogP contribution in [0.4, 0.5) is 14.5 Å². The number of carbonyl (C=O) groups is 1. The lowest BCUT2D eigenvalue weighted by atomic mass is 10.3. The first kappa shape index (κ1) is 14.8. The molecule has 0 bridgehead atoms. The predicted octanol–water partition coefficient (Wildman–Crippen LogP) is 4.08. The summed E-state index contributed by atoms with van der Waals surface area (Å²) in [5.41, 5.74) is 0.545. The highest BCUT2D eigenvalue weighted by Gasteiger charge is 2.06. The first-order chi connectivity index (χ1) is 9.63. The van der Waals surface area contributed by atoms with Crippen molar-refractivity contribution in [3.63, 3.8) is 0 Å². The molecule has 1 aromatic carbocycles. The SMILES string of the molecule is O=C(CSc1cccs1)Nc1ccc(OC(F)F)cc1. The Morgan fingerprint density at radius 2 is 2.05 bits per heavy atom. The molecule has 0 aliphatic rings. The summed E-state index contributed by atoms with van der Waals surface area (Å²) in [7, 11) is 0. The maximum Gasteiger partial charge on any atom is 0.387 e. The fourth-order valence-corrected chi connectivity index (χ4v) is 2.98. The molecule has 1 N–H and O–H groups in total. The van der Waals surface area contributed by atoms with Crippen LogP contribution in [-0.2, 0) is 4.79 Å². The van der Waals surface area contributed by atoms with Crippen LogP contribution < -0.4 is 10.1 Å². The fourth-order valence-electron chi connectivity index (χ4n) is 1.40. The first-order valence-electron chi connectivity index (χ1n) is 5.64. The van der Waals surface area contributed by atoms with Crippen molar-refractivity contribution in [2.45, 2.75) is 10.8 Å². The van der Waals surface area contributed by atoms with Gasteiger partial charge in [0.1, 0.15) is 5.75 Å². The summed E-state index contributed by atoms with van der Waals surface area (Å²) in [6.45, 7) is -2.85. The number of rotatable bonds is 6. The number of hydrogen-bond donors (Lipinski definition) is 1. The fraction of sp³-hybridized carbons (Fsp3) is 0.154. The largest absolute Gasteiger partial charge is 0.435 e. The second-order valence-electron chi connectivity index (χ2n) is 3.67. The van der Waals surface area contributed by atoms with Gasteiger partial charge in [-0.25, -0.2) is 0 Å². The molecular weight excluding hydrogens is 304 g/mol. The Hall–Kier alpha value is -1.60. The number of alkyl halides is 2. The molecular formula is C13H11F2NO2S2. The number of thioether (sulfide) groups is 1. The Balaban J connectivity index is 1.81. The summed E-state index contributed by atoms with van der Waals surface area (Å²) in [6.07, 6.45) is 0. The molecule has 0 spiro atoms. The molecule has 3 nitrogen and oxygen atoms in total. The number of nitrogens with one attached hydrogen (secondary N) is 1. The third-order valence-corrected chi connectivity index (χ3v) is 4.33.